The van der Waals surface area contributed by atoms with E-state index >= 15 is 0 Å². The zero-order valence-corrected chi connectivity index (χ0v) is 15.3. The van der Waals surface area contributed by atoms with Crippen LogP contribution in [0.3, 0.4) is 0 Å². The van der Waals surface area contributed by atoms with E-state index in [-0.39, 0.29) is 24.1 Å². The molecular weight excluding hydrogens is 363 g/mol. The lowest BCUT2D eigenvalue weighted by molar-refractivity contribution is -0.138. The predicted octanol–water partition coefficient (Wildman–Crippen LogP) is 0.857. The maximum atomic E-state index is 12.9. The minimum Gasteiger partial charge on any atom is -0.492 e. The van der Waals surface area contributed by atoms with E-state index in [0.29, 0.717) is 51.4 Å². The molecule has 0 saturated carbocycles. The van der Waals surface area contributed by atoms with Crippen LogP contribution in [-0.4, -0.2) is 74.8 Å². The van der Waals surface area contributed by atoms with Gasteiger partial charge in [0.2, 0.25) is 15.9 Å². The molecule has 2 saturated heterocycles. The third-order valence-corrected chi connectivity index (χ3v) is 6.43. The summed E-state index contributed by atoms with van der Waals surface area (Å²) in [7, 11) is -3.62. The summed E-state index contributed by atoms with van der Waals surface area (Å²) >= 11 is 0. The number of hydrogen-bond acceptors (Lipinski definition) is 5. The highest BCUT2D eigenvalue weighted by Gasteiger charge is 2.40. The molecule has 0 unspecified atom stereocenters. The number of morpholine rings is 1. The first-order valence-corrected chi connectivity index (χ1v) is 10.3. The minimum absolute atomic E-state index is 0.0526. The maximum Gasteiger partial charge on any atom is 0.241 e. The van der Waals surface area contributed by atoms with Crippen molar-refractivity contribution in [1.29, 1.82) is 0 Å². The molecule has 2 aliphatic rings. The molecule has 1 amide bonds. The summed E-state index contributed by atoms with van der Waals surface area (Å²) in [5.41, 5.74) is 0. The molecule has 0 radical (unpaired) electrons. The number of nitrogens with zero attached hydrogens (tertiary/aromatic N) is 2. The standard InChI is InChI=1S/C17H23FN2O5S/c18-14-3-5-15(6-4-14)25-12-13-26(22,23)20-7-1-2-16(20)17(21)19-8-10-24-11-9-19/h3-6,16H,1-2,7-13H2/t16-/m0/s1. The molecule has 2 fully saturated rings. The summed E-state index contributed by atoms with van der Waals surface area (Å²) in [6.07, 6.45) is 1.20. The number of carbonyl (C=O) groups excluding carboxylic acids is 1. The molecule has 0 spiro atoms. The van der Waals surface area contributed by atoms with Crippen LogP contribution in [0.1, 0.15) is 12.8 Å². The second-order valence-corrected chi connectivity index (χ2v) is 8.37. The van der Waals surface area contributed by atoms with Gasteiger partial charge in [-0.05, 0) is 37.1 Å². The quantitative estimate of drug-likeness (QED) is 0.725. The van der Waals surface area contributed by atoms with Crippen LogP contribution >= 0.6 is 0 Å². The van der Waals surface area contributed by atoms with Crippen LogP contribution < -0.4 is 4.74 Å². The third-order valence-electron chi connectivity index (χ3n) is 4.59. The average molecular weight is 386 g/mol. The molecule has 26 heavy (non-hydrogen) atoms. The highest BCUT2D eigenvalue weighted by molar-refractivity contribution is 7.89. The molecule has 144 valence electrons. The van der Waals surface area contributed by atoms with Crippen molar-refractivity contribution in [2.75, 3.05) is 45.2 Å². The Hall–Kier alpha value is -1.71. The number of carbonyl (C=O) groups is 1. The smallest absolute Gasteiger partial charge is 0.241 e. The van der Waals surface area contributed by atoms with Crippen molar-refractivity contribution < 1.29 is 27.1 Å². The minimum atomic E-state index is -3.62. The van der Waals surface area contributed by atoms with Crippen molar-refractivity contribution in [1.82, 2.24) is 9.21 Å². The average Bonchev–Trinajstić information content (AvgIpc) is 3.14. The Kier molecular flexibility index (Phi) is 6.10. The second kappa shape index (κ2) is 8.32. The van der Waals surface area contributed by atoms with Gasteiger partial charge in [0.15, 0.2) is 0 Å². The summed E-state index contributed by atoms with van der Waals surface area (Å²) in [4.78, 5) is 14.4. The summed E-state index contributed by atoms with van der Waals surface area (Å²) in [5.74, 6) is -0.346. The Labute approximate surface area is 152 Å². The molecule has 9 heteroatoms. The van der Waals surface area contributed by atoms with E-state index in [2.05, 4.69) is 0 Å². The summed E-state index contributed by atoms with van der Waals surface area (Å²) in [6.45, 7) is 2.25. The number of amides is 1. The first-order valence-electron chi connectivity index (χ1n) is 8.72. The van der Waals surface area contributed by atoms with E-state index in [1.54, 1.807) is 4.90 Å². The monoisotopic (exact) mass is 386 g/mol. The molecular formula is C17H23FN2O5S. The molecule has 0 bridgehead atoms. The fourth-order valence-electron chi connectivity index (χ4n) is 3.23. The summed E-state index contributed by atoms with van der Waals surface area (Å²) in [5, 5.41) is 0. The van der Waals surface area contributed by atoms with Crippen LogP contribution in [0.2, 0.25) is 0 Å². The van der Waals surface area contributed by atoms with Gasteiger partial charge in [-0.1, -0.05) is 0 Å². The third kappa shape index (κ3) is 4.52. The normalized spacial score (nSPS) is 21.7. The fourth-order valence-corrected chi connectivity index (χ4v) is 4.75. The van der Waals surface area contributed by atoms with Crippen LogP contribution in [0.4, 0.5) is 4.39 Å². The van der Waals surface area contributed by atoms with Crippen molar-refractivity contribution in [2.24, 2.45) is 0 Å². The van der Waals surface area contributed by atoms with Crippen molar-refractivity contribution >= 4 is 15.9 Å². The van der Waals surface area contributed by atoms with Gasteiger partial charge in [-0.2, -0.15) is 4.31 Å². The molecule has 2 heterocycles. The number of rotatable bonds is 6. The van der Waals surface area contributed by atoms with Crippen molar-refractivity contribution in [2.45, 2.75) is 18.9 Å². The largest absolute Gasteiger partial charge is 0.492 e. The number of benzene rings is 1. The van der Waals surface area contributed by atoms with Gasteiger partial charge >= 0.3 is 0 Å². The molecule has 1 aromatic rings. The first-order chi connectivity index (χ1) is 12.5. The Bertz CT molecular complexity index is 719. The van der Waals surface area contributed by atoms with Crippen molar-refractivity contribution in [3.05, 3.63) is 30.1 Å². The summed E-state index contributed by atoms with van der Waals surface area (Å²) in [6, 6.07) is 4.76. The van der Waals surface area contributed by atoms with Crippen molar-refractivity contribution in [3.63, 3.8) is 0 Å². The Morgan fingerprint density at radius 2 is 1.88 bits per heavy atom. The van der Waals surface area contributed by atoms with E-state index < -0.39 is 16.1 Å². The van der Waals surface area contributed by atoms with Crippen LogP contribution in [0, 0.1) is 5.82 Å². The van der Waals surface area contributed by atoms with Gasteiger partial charge in [0.1, 0.15) is 24.2 Å². The van der Waals surface area contributed by atoms with E-state index in [9.17, 15) is 17.6 Å². The number of halogens is 1. The van der Waals surface area contributed by atoms with E-state index in [1.807, 2.05) is 0 Å². The fraction of sp³-hybridized carbons (Fsp3) is 0.588. The molecule has 0 N–H and O–H groups in total. The topological polar surface area (TPSA) is 76.2 Å². The van der Waals surface area contributed by atoms with Gasteiger partial charge in [-0.3, -0.25) is 4.79 Å². The van der Waals surface area contributed by atoms with Gasteiger partial charge in [-0.15, -0.1) is 0 Å². The van der Waals surface area contributed by atoms with E-state index in [0.717, 1.165) is 0 Å². The highest BCUT2D eigenvalue weighted by Crippen LogP contribution is 2.24. The molecule has 0 aromatic heterocycles. The number of sulfonamides is 1. The lowest BCUT2D eigenvalue weighted by Gasteiger charge is -2.32. The van der Waals surface area contributed by atoms with Crippen LogP contribution in [0.25, 0.3) is 0 Å². The molecule has 1 aromatic carbocycles. The Balaban J connectivity index is 1.58. The van der Waals surface area contributed by atoms with Gasteiger partial charge < -0.3 is 14.4 Å². The molecule has 3 rings (SSSR count). The second-order valence-electron chi connectivity index (χ2n) is 6.32. The number of hydrogen-bond donors (Lipinski definition) is 0. The zero-order chi connectivity index (χ0) is 18.6. The summed E-state index contributed by atoms with van der Waals surface area (Å²) < 4.78 is 50.1. The molecule has 2 aliphatic heterocycles. The maximum absolute atomic E-state index is 12.9. The first kappa shape index (κ1) is 19.1. The molecule has 7 nitrogen and oxygen atoms in total. The van der Waals surface area contributed by atoms with Gasteiger partial charge in [0.25, 0.3) is 0 Å². The van der Waals surface area contributed by atoms with Crippen LogP contribution in [0.15, 0.2) is 24.3 Å². The SMILES string of the molecule is O=C([C@@H]1CCCN1S(=O)(=O)CCOc1ccc(F)cc1)N1CCOCC1. The van der Waals surface area contributed by atoms with Crippen LogP contribution in [-0.2, 0) is 19.6 Å². The lowest BCUT2D eigenvalue weighted by atomic mass is 10.2. The molecule has 1 atom stereocenters. The van der Waals surface area contributed by atoms with E-state index in [4.69, 9.17) is 9.47 Å². The lowest BCUT2D eigenvalue weighted by Crippen LogP contribution is -2.51. The van der Waals surface area contributed by atoms with E-state index in [1.165, 1.54) is 28.6 Å². The van der Waals surface area contributed by atoms with Crippen molar-refractivity contribution in [3.8, 4) is 5.75 Å². The Morgan fingerprint density at radius 3 is 2.58 bits per heavy atom. The van der Waals surface area contributed by atoms with Gasteiger partial charge in [-0.25, -0.2) is 12.8 Å². The Morgan fingerprint density at radius 1 is 1.19 bits per heavy atom. The number of ether oxygens (including phenoxy) is 2. The highest BCUT2D eigenvalue weighted by atomic mass is 32.2. The molecule has 0 aliphatic carbocycles. The zero-order valence-electron chi connectivity index (χ0n) is 14.5. The van der Waals surface area contributed by atoms with Crippen LogP contribution in [0.5, 0.6) is 5.75 Å². The predicted molar refractivity (Wildman–Crippen MR) is 92.8 cm³/mol. The van der Waals surface area contributed by atoms with Gasteiger partial charge in [0.05, 0.1) is 19.0 Å². The van der Waals surface area contributed by atoms with Gasteiger partial charge in [0, 0.05) is 19.6 Å².